The predicted octanol–water partition coefficient (Wildman–Crippen LogP) is 1.61. The van der Waals surface area contributed by atoms with Gasteiger partial charge in [-0.05, 0) is 27.7 Å². The molecule has 90 valence electrons. The number of rotatable bonds is 5. The lowest BCUT2D eigenvalue weighted by molar-refractivity contribution is -0.142. The first-order valence-corrected chi connectivity index (χ1v) is 5.40. The van der Waals surface area contributed by atoms with Gasteiger partial charge in [-0.2, -0.15) is 0 Å². The van der Waals surface area contributed by atoms with E-state index in [2.05, 4.69) is 10.2 Å². The third kappa shape index (κ3) is 3.25. The van der Waals surface area contributed by atoms with E-state index < -0.39 is 0 Å². The molecule has 0 unspecified atom stereocenters. The number of nitrogens with one attached hydrogen (secondary N) is 1. The zero-order valence-electron chi connectivity index (χ0n) is 10.2. The molecule has 0 radical (unpaired) electrons. The van der Waals surface area contributed by atoms with E-state index >= 15 is 0 Å². The molecule has 1 aromatic rings. The summed E-state index contributed by atoms with van der Waals surface area (Å²) in [6, 6.07) is 0. The fourth-order valence-electron chi connectivity index (χ4n) is 1.32. The van der Waals surface area contributed by atoms with Gasteiger partial charge in [0.1, 0.15) is 0 Å². The predicted molar refractivity (Wildman–Crippen MR) is 59.4 cm³/mol. The van der Waals surface area contributed by atoms with E-state index in [0.29, 0.717) is 12.5 Å². The molecule has 0 saturated heterocycles. The summed E-state index contributed by atoms with van der Waals surface area (Å²) in [5.74, 6) is 0.223. The molecular weight excluding hydrogens is 208 g/mol. The first-order chi connectivity index (χ1) is 7.54. The Labute approximate surface area is 95.1 Å². The molecule has 0 spiro atoms. The van der Waals surface area contributed by atoms with E-state index in [9.17, 15) is 4.79 Å². The average molecular weight is 226 g/mol. The van der Waals surface area contributed by atoms with E-state index in [4.69, 9.17) is 9.47 Å². The minimum Gasteiger partial charge on any atom is -0.474 e. The van der Waals surface area contributed by atoms with Crippen LogP contribution >= 0.6 is 0 Å². The van der Waals surface area contributed by atoms with Gasteiger partial charge in [0.05, 0.1) is 19.1 Å². The second-order valence-electron chi connectivity index (χ2n) is 3.78. The van der Waals surface area contributed by atoms with Gasteiger partial charge in [0.25, 0.3) is 0 Å². The number of aromatic nitrogens is 2. The summed E-state index contributed by atoms with van der Waals surface area (Å²) >= 11 is 0. The number of carbonyl (C=O) groups is 1. The second-order valence-corrected chi connectivity index (χ2v) is 3.78. The Morgan fingerprint density at radius 2 is 2.19 bits per heavy atom. The van der Waals surface area contributed by atoms with Gasteiger partial charge in [0.2, 0.25) is 5.88 Å². The molecule has 0 aromatic carbocycles. The topological polar surface area (TPSA) is 64.2 Å². The summed E-state index contributed by atoms with van der Waals surface area (Å²) < 4.78 is 10.4. The lowest BCUT2D eigenvalue weighted by atomic mass is 10.2. The highest BCUT2D eigenvalue weighted by Crippen LogP contribution is 2.20. The van der Waals surface area contributed by atoms with E-state index in [1.54, 1.807) is 6.92 Å². The Morgan fingerprint density at radius 1 is 1.50 bits per heavy atom. The second kappa shape index (κ2) is 5.53. The van der Waals surface area contributed by atoms with E-state index in [1.807, 2.05) is 20.8 Å². The molecule has 16 heavy (non-hydrogen) atoms. The van der Waals surface area contributed by atoms with Gasteiger partial charge >= 0.3 is 5.97 Å². The Bertz CT molecular complexity index is 358. The molecule has 0 aliphatic rings. The molecule has 1 rings (SSSR count). The van der Waals surface area contributed by atoms with Crippen molar-refractivity contribution < 1.29 is 14.3 Å². The van der Waals surface area contributed by atoms with E-state index in [0.717, 1.165) is 11.3 Å². The summed E-state index contributed by atoms with van der Waals surface area (Å²) in [5, 5.41) is 6.82. The summed E-state index contributed by atoms with van der Waals surface area (Å²) in [4.78, 5) is 11.4. The number of aryl methyl sites for hydroxylation is 1. The van der Waals surface area contributed by atoms with Gasteiger partial charge in [0.15, 0.2) is 0 Å². The molecule has 0 fully saturated rings. The quantitative estimate of drug-likeness (QED) is 0.775. The van der Waals surface area contributed by atoms with E-state index in [1.165, 1.54) is 0 Å². The maximum atomic E-state index is 11.4. The molecule has 0 saturated carbocycles. The molecule has 5 heteroatoms. The Balaban J connectivity index is 2.77. The van der Waals surface area contributed by atoms with Crippen molar-refractivity contribution in [2.45, 2.75) is 40.2 Å². The van der Waals surface area contributed by atoms with Gasteiger partial charge in [-0.25, -0.2) is 0 Å². The number of H-pyrrole nitrogens is 1. The minimum absolute atomic E-state index is 0.0312. The molecule has 1 aromatic heterocycles. The van der Waals surface area contributed by atoms with E-state index in [-0.39, 0.29) is 18.5 Å². The van der Waals surface area contributed by atoms with Crippen molar-refractivity contribution in [2.24, 2.45) is 0 Å². The molecule has 0 amide bonds. The third-order valence-corrected chi connectivity index (χ3v) is 2.01. The monoisotopic (exact) mass is 226 g/mol. The van der Waals surface area contributed by atoms with Gasteiger partial charge in [-0.15, -0.1) is 5.10 Å². The molecule has 1 N–H and O–H groups in total. The van der Waals surface area contributed by atoms with Crippen molar-refractivity contribution >= 4 is 5.97 Å². The van der Waals surface area contributed by atoms with Crippen LogP contribution in [0.15, 0.2) is 0 Å². The zero-order chi connectivity index (χ0) is 12.1. The molecule has 1 heterocycles. The van der Waals surface area contributed by atoms with Crippen LogP contribution in [0.4, 0.5) is 0 Å². The van der Waals surface area contributed by atoms with Gasteiger partial charge in [-0.1, -0.05) is 0 Å². The largest absolute Gasteiger partial charge is 0.474 e. The molecule has 0 atom stereocenters. The summed E-state index contributed by atoms with van der Waals surface area (Å²) in [6.07, 6.45) is 0.224. The normalized spacial score (nSPS) is 10.6. The fourth-order valence-corrected chi connectivity index (χ4v) is 1.32. The lowest BCUT2D eigenvalue weighted by Crippen LogP contribution is -2.11. The van der Waals surface area contributed by atoms with Crippen molar-refractivity contribution in [1.29, 1.82) is 0 Å². The summed E-state index contributed by atoms with van der Waals surface area (Å²) in [6.45, 7) is 7.85. The van der Waals surface area contributed by atoms with Gasteiger partial charge in [-0.3, -0.25) is 9.89 Å². The van der Waals surface area contributed by atoms with Crippen LogP contribution in [0.25, 0.3) is 0 Å². The van der Waals surface area contributed by atoms with Crippen molar-refractivity contribution in [3.05, 3.63) is 11.3 Å². The van der Waals surface area contributed by atoms with Crippen LogP contribution in [0.2, 0.25) is 0 Å². The van der Waals surface area contributed by atoms with Crippen LogP contribution in [-0.2, 0) is 16.0 Å². The number of esters is 1. The lowest BCUT2D eigenvalue weighted by Gasteiger charge is -2.08. The number of nitrogens with zero attached hydrogens (tertiary/aromatic N) is 1. The number of aromatic amines is 1. The standard InChI is InChI=1S/C11H18N2O3/c1-5-15-10(14)6-9-8(4)12-13-11(9)16-7(2)3/h7H,5-6H2,1-4H3,(H,12,13). The first kappa shape index (κ1) is 12.5. The number of ether oxygens (including phenoxy) is 2. The molecule has 0 bridgehead atoms. The SMILES string of the molecule is CCOC(=O)Cc1c(OC(C)C)n[nH]c1C. The van der Waals surface area contributed by atoms with Gasteiger partial charge in [0, 0.05) is 11.3 Å². The zero-order valence-corrected chi connectivity index (χ0v) is 10.2. The Morgan fingerprint density at radius 3 is 2.75 bits per heavy atom. The minimum atomic E-state index is -0.263. The number of hydrogen-bond acceptors (Lipinski definition) is 4. The number of carbonyl (C=O) groups excluding carboxylic acids is 1. The first-order valence-electron chi connectivity index (χ1n) is 5.40. The van der Waals surface area contributed by atoms with Crippen LogP contribution < -0.4 is 4.74 Å². The van der Waals surface area contributed by atoms with Crippen LogP contribution in [0, 0.1) is 6.92 Å². The molecular formula is C11H18N2O3. The van der Waals surface area contributed by atoms with Crippen LogP contribution in [0.5, 0.6) is 5.88 Å². The maximum absolute atomic E-state index is 11.4. The Hall–Kier alpha value is -1.52. The average Bonchev–Trinajstić information content (AvgIpc) is 2.49. The summed E-state index contributed by atoms with van der Waals surface area (Å²) in [7, 11) is 0. The smallest absolute Gasteiger partial charge is 0.310 e. The highest BCUT2D eigenvalue weighted by molar-refractivity contribution is 5.73. The molecule has 0 aliphatic carbocycles. The van der Waals surface area contributed by atoms with Crippen LogP contribution in [0.1, 0.15) is 32.0 Å². The van der Waals surface area contributed by atoms with Crippen LogP contribution in [0.3, 0.4) is 0 Å². The number of hydrogen-bond donors (Lipinski definition) is 1. The Kier molecular flexibility index (Phi) is 4.34. The van der Waals surface area contributed by atoms with Crippen molar-refractivity contribution in [3.8, 4) is 5.88 Å². The molecule has 0 aliphatic heterocycles. The van der Waals surface area contributed by atoms with Gasteiger partial charge < -0.3 is 9.47 Å². The maximum Gasteiger partial charge on any atom is 0.310 e. The van der Waals surface area contributed by atoms with Crippen LogP contribution in [-0.4, -0.2) is 28.9 Å². The highest BCUT2D eigenvalue weighted by atomic mass is 16.5. The fraction of sp³-hybridized carbons (Fsp3) is 0.636. The highest BCUT2D eigenvalue weighted by Gasteiger charge is 2.16. The molecule has 5 nitrogen and oxygen atoms in total. The van der Waals surface area contributed by atoms with Crippen molar-refractivity contribution in [1.82, 2.24) is 10.2 Å². The summed E-state index contributed by atoms with van der Waals surface area (Å²) in [5.41, 5.74) is 1.61. The van der Waals surface area contributed by atoms with Crippen molar-refractivity contribution in [2.75, 3.05) is 6.61 Å². The van der Waals surface area contributed by atoms with Crippen molar-refractivity contribution in [3.63, 3.8) is 0 Å². The third-order valence-electron chi connectivity index (χ3n) is 2.01.